The van der Waals surface area contributed by atoms with Crippen molar-refractivity contribution < 1.29 is 0 Å². The summed E-state index contributed by atoms with van der Waals surface area (Å²) in [5.74, 6) is 1.39. The molecule has 0 bridgehead atoms. The van der Waals surface area contributed by atoms with Crippen molar-refractivity contribution in [2.24, 2.45) is 11.7 Å². The largest absolute Gasteiger partial charge is 0.319 e. The van der Waals surface area contributed by atoms with Crippen LogP contribution in [0.15, 0.2) is 22.8 Å². The van der Waals surface area contributed by atoms with Crippen molar-refractivity contribution in [2.45, 2.75) is 25.3 Å². The lowest BCUT2D eigenvalue weighted by molar-refractivity contribution is 0.396. The van der Waals surface area contributed by atoms with Crippen LogP contribution in [-0.4, -0.2) is 14.6 Å². The minimum atomic E-state index is -0.375. The van der Waals surface area contributed by atoms with Crippen molar-refractivity contribution in [3.8, 4) is 0 Å². The lowest BCUT2D eigenvalue weighted by atomic mass is 9.96. The van der Waals surface area contributed by atoms with E-state index in [2.05, 4.69) is 26.1 Å². The Kier molecular flexibility index (Phi) is 2.09. The van der Waals surface area contributed by atoms with Gasteiger partial charge in [-0.3, -0.25) is 4.40 Å². The van der Waals surface area contributed by atoms with E-state index in [1.807, 2.05) is 29.7 Å². The van der Waals surface area contributed by atoms with Crippen molar-refractivity contribution in [3.05, 3.63) is 28.6 Å². The number of nitrogens with zero attached hydrogens (tertiary/aromatic N) is 3. The molecule has 1 aliphatic rings. The zero-order valence-corrected chi connectivity index (χ0v) is 10.6. The second-order valence-electron chi connectivity index (χ2n) is 4.66. The number of nitrogens with two attached hydrogens (primary N) is 1. The fourth-order valence-electron chi connectivity index (χ4n) is 2.10. The van der Waals surface area contributed by atoms with Gasteiger partial charge in [-0.2, -0.15) is 0 Å². The summed E-state index contributed by atoms with van der Waals surface area (Å²) >= 11 is 3.45. The second kappa shape index (κ2) is 3.28. The van der Waals surface area contributed by atoms with E-state index < -0.39 is 0 Å². The third-order valence-electron chi connectivity index (χ3n) is 3.27. The maximum Gasteiger partial charge on any atom is 0.160 e. The number of hydrogen-bond acceptors (Lipinski definition) is 3. The fraction of sp³-hybridized carbons (Fsp3) is 0.455. The van der Waals surface area contributed by atoms with Crippen LogP contribution in [-0.2, 0) is 5.54 Å². The molecule has 2 aromatic heterocycles. The number of fused-ring (bicyclic) bond motifs is 1. The van der Waals surface area contributed by atoms with E-state index in [1.54, 1.807) is 0 Å². The highest BCUT2D eigenvalue weighted by Gasteiger charge is 2.42. The Morgan fingerprint density at radius 2 is 2.19 bits per heavy atom. The molecule has 4 nitrogen and oxygen atoms in total. The van der Waals surface area contributed by atoms with Crippen molar-refractivity contribution in [2.75, 3.05) is 0 Å². The first kappa shape index (κ1) is 10.2. The Labute approximate surface area is 102 Å². The van der Waals surface area contributed by atoms with E-state index in [-0.39, 0.29) is 5.54 Å². The van der Waals surface area contributed by atoms with E-state index in [0.29, 0.717) is 5.92 Å². The van der Waals surface area contributed by atoms with Crippen LogP contribution in [0.4, 0.5) is 0 Å². The van der Waals surface area contributed by atoms with Crippen molar-refractivity contribution >= 4 is 21.6 Å². The number of aromatic nitrogens is 3. The van der Waals surface area contributed by atoms with Crippen LogP contribution in [0.1, 0.15) is 25.6 Å². The van der Waals surface area contributed by atoms with Crippen molar-refractivity contribution in [1.82, 2.24) is 14.6 Å². The molecular formula is C11H13BrN4. The van der Waals surface area contributed by atoms with E-state index in [9.17, 15) is 0 Å². The van der Waals surface area contributed by atoms with Gasteiger partial charge < -0.3 is 5.73 Å². The van der Waals surface area contributed by atoms with Gasteiger partial charge in [-0.1, -0.05) is 0 Å². The first-order chi connectivity index (χ1) is 7.59. The molecule has 0 spiro atoms. The van der Waals surface area contributed by atoms with Gasteiger partial charge in [0.1, 0.15) is 0 Å². The molecular weight excluding hydrogens is 268 g/mol. The standard InChI is InChI=1S/C11H13BrN4/c1-11(13,7-2-3-7)10-15-14-9-5-4-8(12)6-16(9)10/h4-7H,2-3,13H2,1H3. The summed E-state index contributed by atoms with van der Waals surface area (Å²) in [6.45, 7) is 2.04. The molecule has 84 valence electrons. The fourth-order valence-corrected chi connectivity index (χ4v) is 2.43. The van der Waals surface area contributed by atoms with Crippen molar-refractivity contribution in [1.29, 1.82) is 0 Å². The van der Waals surface area contributed by atoms with Crippen LogP contribution >= 0.6 is 15.9 Å². The molecule has 3 rings (SSSR count). The third kappa shape index (κ3) is 1.46. The molecule has 1 unspecified atom stereocenters. The summed E-state index contributed by atoms with van der Waals surface area (Å²) in [5, 5.41) is 8.38. The Bertz CT molecular complexity index is 542. The normalized spacial score (nSPS) is 19.9. The van der Waals surface area contributed by atoms with Crippen LogP contribution in [0.5, 0.6) is 0 Å². The highest BCUT2D eigenvalue weighted by Crippen LogP contribution is 2.43. The van der Waals surface area contributed by atoms with Gasteiger partial charge in [-0.25, -0.2) is 0 Å². The average molecular weight is 281 g/mol. The first-order valence-corrected chi connectivity index (χ1v) is 6.18. The van der Waals surface area contributed by atoms with Gasteiger partial charge in [0.25, 0.3) is 0 Å². The summed E-state index contributed by atoms with van der Waals surface area (Å²) in [4.78, 5) is 0. The van der Waals surface area contributed by atoms with E-state index in [1.165, 1.54) is 12.8 Å². The highest BCUT2D eigenvalue weighted by atomic mass is 79.9. The lowest BCUT2D eigenvalue weighted by Crippen LogP contribution is -2.37. The van der Waals surface area contributed by atoms with E-state index >= 15 is 0 Å². The molecule has 0 amide bonds. The van der Waals surface area contributed by atoms with Gasteiger partial charge in [0.2, 0.25) is 0 Å². The molecule has 0 radical (unpaired) electrons. The molecule has 2 N–H and O–H groups in total. The van der Waals surface area contributed by atoms with Crippen LogP contribution in [0.2, 0.25) is 0 Å². The van der Waals surface area contributed by atoms with Crippen LogP contribution in [0.25, 0.3) is 5.65 Å². The molecule has 0 aliphatic heterocycles. The van der Waals surface area contributed by atoms with Gasteiger partial charge in [0, 0.05) is 10.7 Å². The zero-order valence-electron chi connectivity index (χ0n) is 9.02. The minimum Gasteiger partial charge on any atom is -0.319 e. The topological polar surface area (TPSA) is 56.2 Å². The molecule has 5 heteroatoms. The monoisotopic (exact) mass is 280 g/mol. The quantitative estimate of drug-likeness (QED) is 0.916. The third-order valence-corrected chi connectivity index (χ3v) is 3.74. The number of halogens is 1. The minimum absolute atomic E-state index is 0.375. The molecule has 2 heterocycles. The number of hydrogen-bond donors (Lipinski definition) is 1. The summed E-state index contributed by atoms with van der Waals surface area (Å²) in [7, 11) is 0. The summed E-state index contributed by atoms with van der Waals surface area (Å²) in [6.07, 6.45) is 4.35. The lowest BCUT2D eigenvalue weighted by Gasteiger charge is -2.22. The molecule has 16 heavy (non-hydrogen) atoms. The first-order valence-electron chi connectivity index (χ1n) is 5.38. The zero-order chi connectivity index (χ0) is 11.3. The summed E-state index contributed by atoms with van der Waals surface area (Å²) in [6, 6.07) is 3.89. The van der Waals surface area contributed by atoms with Crippen LogP contribution < -0.4 is 5.73 Å². The van der Waals surface area contributed by atoms with Crippen LogP contribution in [0, 0.1) is 5.92 Å². The Hall–Kier alpha value is -0.940. The highest BCUT2D eigenvalue weighted by molar-refractivity contribution is 9.10. The van der Waals surface area contributed by atoms with Gasteiger partial charge >= 0.3 is 0 Å². The predicted octanol–water partition coefficient (Wildman–Crippen LogP) is 2.08. The molecule has 1 aliphatic carbocycles. The van der Waals surface area contributed by atoms with E-state index in [4.69, 9.17) is 5.73 Å². The maximum atomic E-state index is 6.37. The summed E-state index contributed by atoms with van der Waals surface area (Å²) < 4.78 is 2.98. The van der Waals surface area contributed by atoms with Gasteiger partial charge in [-0.05, 0) is 53.7 Å². The molecule has 1 fully saturated rings. The Balaban J connectivity index is 2.19. The maximum absolute atomic E-state index is 6.37. The molecule has 2 aromatic rings. The Morgan fingerprint density at radius 1 is 1.44 bits per heavy atom. The predicted molar refractivity (Wildman–Crippen MR) is 65.0 cm³/mol. The van der Waals surface area contributed by atoms with Crippen LogP contribution in [0.3, 0.4) is 0 Å². The Morgan fingerprint density at radius 3 is 2.88 bits per heavy atom. The van der Waals surface area contributed by atoms with Crippen molar-refractivity contribution in [3.63, 3.8) is 0 Å². The molecule has 0 saturated heterocycles. The summed E-state index contributed by atoms with van der Waals surface area (Å²) in [5.41, 5.74) is 6.83. The van der Waals surface area contributed by atoms with Gasteiger partial charge in [0.15, 0.2) is 11.5 Å². The molecule has 0 aromatic carbocycles. The second-order valence-corrected chi connectivity index (χ2v) is 5.57. The van der Waals surface area contributed by atoms with Gasteiger partial charge in [-0.15, -0.1) is 10.2 Å². The number of pyridine rings is 1. The molecule has 1 atom stereocenters. The molecule has 1 saturated carbocycles. The number of rotatable bonds is 2. The van der Waals surface area contributed by atoms with Gasteiger partial charge in [0.05, 0.1) is 5.54 Å². The average Bonchev–Trinajstić information content (AvgIpc) is 2.99. The SMILES string of the molecule is CC(N)(c1nnc2ccc(Br)cn12)C1CC1. The smallest absolute Gasteiger partial charge is 0.160 e. The van der Waals surface area contributed by atoms with E-state index in [0.717, 1.165) is 15.9 Å².